The van der Waals surface area contributed by atoms with Crippen LogP contribution in [0.4, 0.5) is 0 Å². The van der Waals surface area contributed by atoms with Crippen molar-refractivity contribution in [1.82, 2.24) is 0 Å². The maximum atomic E-state index is 10.2. The van der Waals surface area contributed by atoms with Crippen LogP contribution < -0.4 is 0 Å². The van der Waals surface area contributed by atoms with Gasteiger partial charge in [0.05, 0.1) is 6.10 Å². The lowest BCUT2D eigenvalue weighted by Gasteiger charge is -2.55. The van der Waals surface area contributed by atoms with Crippen molar-refractivity contribution >= 4 is 0 Å². The van der Waals surface area contributed by atoms with Crippen LogP contribution >= 0.6 is 0 Å². The van der Waals surface area contributed by atoms with Crippen LogP contribution in [0, 0.1) is 46.3 Å². The molecule has 0 aromatic carbocycles. The highest BCUT2D eigenvalue weighted by Gasteiger charge is 2.56. The molecule has 0 aromatic heterocycles. The molecule has 0 aliphatic heterocycles. The summed E-state index contributed by atoms with van der Waals surface area (Å²) in [5.74, 6) is 4.97. The molecule has 0 heterocycles. The lowest BCUT2D eigenvalue weighted by Crippen LogP contribution is -2.46. The van der Waals surface area contributed by atoms with Crippen LogP contribution in [0.1, 0.15) is 99.3 Å². The molecule has 4 aliphatic rings. The zero-order valence-corrected chi connectivity index (χ0v) is 20.0. The standard InChI is InChI=1S/C28H46O/c1-18(2)19(3)7-8-20(4)24-11-12-25-23-10-9-21-17-22(29)13-15-27(21,5)26(23)14-16-28(24,25)6/h9-10,18-20,22,24-26,29H,7-8,11-17H2,1-6H3/t19-,20-,22+,24-,25+,26?,27+,28-/m1/s1. The summed E-state index contributed by atoms with van der Waals surface area (Å²) >= 11 is 0. The van der Waals surface area contributed by atoms with E-state index in [1.807, 2.05) is 0 Å². The van der Waals surface area contributed by atoms with Gasteiger partial charge in [0.25, 0.3) is 0 Å². The molecule has 29 heavy (non-hydrogen) atoms. The lowest BCUT2D eigenvalue weighted by molar-refractivity contribution is 0.0317. The van der Waals surface area contributed by atoms with Gasteiger partial charge in [-0.2, -0.15) is 0 Å². The van der Waals surface area contributed by atoms with E-state index in [1.54, 1.807) is 11.1 Å². The van der Waals surface area contributed by atoms with Gasteiger partial charge in [0, 0.05) is 0 Å². The van der Waals surface area contributed by atoms with Crippen molar-refractivity contribution < 1.29 is 5.11 Å². The van der Waals surface area contributed by atoms with E-state index >= 15 is 0 Å². The van der Waals surface area contributed by atoms with Crippen LogP contribution in [0.15, 0.2) is 23.3 Å². The SMILES string of the molecule is CC(C)[C@H](C)CC[C@@H](C)[C@H]1CC[C@H]2C3=CC=C4C[C@@H](O)CC[C@]4(C)C3CC[C@]12C. The number of fused-ring (bicyclic) bond motifs is 5. The van der Waals surface area contributed by atoms with Gasteiger partial charge in [-0.15, -0.1) is 0 Å². The predicted octanol–water partition coefficient (Wildman–Crippen LogP) is 7.55. The summed E-state index contributed by atoms with van der Waals surface area (Å²) in [5.41, 5.74) is 4.17. The number of aliphatic hydroxyl groups excluding tert-OH is 1. The third-order valence-corrected chi connectivity index (χ3v) is 10.5. The second kappa shape index (κ2) is 7.85. The number of aliphatic hydroxyl groups is 1. The topological polar surface area (TPSA) is 20.2 Å². The lowest BCUT2D eigenvalue weighted by atomic mass is 9.50. The van der Waals surface area contributed by atoms with Gasteiger partial charge in [-0.25, -0.2) is 0 Å². The summed E-state index contributed by atoms with van der Waals surface area (Å²) in [6.45, 7) is 14.9. The third kappa shape index (κ3) is 3.58. The van der Waals surface area contributed by atoms with Crippen LogP contribution in [0.25, 0.3) is 0 Å². The van der Waals surface area contributed by atoms with Crippen molar-refractivity contribution in [1.29, 1.82) is 0 Å². The first-order valence-electron chi connectivity index (χ1n) is 12.8. The minimum absolute atomic E-state index is 0.108. The van der Waals surface area contributed by atoms with Crippen molar-refractivity contribution in [2.24, 2.45) is 46.3 Å². The van der Waals surface area contributed by atoms with Crippen LogP contribution in [0.3, 0.4) is 0 Å². The molecule has 1 N–H and O–H groups in total. The minimum atomic E-state index is -0.108. The second-order valence-electron chi connectivity index (χ2n) is 12.3. The smallest absolute Gasteiger partial charge is 0.0578 e. The molecule has 1 heteroatoms. The Kier molecular flexibility index (Phi) is 5.86. The first-order valence-corrected chi connectivity index (χ1v) is 12.8. The molecule has 4 aliphatic carbocycles. The molecular weight excluding hydrogens is 352 g/mol. The average molecular weight is 399 g/mol. The van der Waals surface area contributed by atoms with Crippen LogP contribution in [0.2, 0.25) is 0 Å². The number of rotatable bonds is 5. The Bertz CT molecular complexity index is 672. The molecule has 0 saturated heterocycles. The van der Waals surface area contributed by atoms with Crippen molar-refractivity contribution in [3.05, 3.63) is 23.3 Å². The summed E-state index contributed by atoms with van der Waals surface area (Å²) in [6, 6.07) is 0. The minimum Gasteiger partial charge on any atom is -0.393 e. The van der Waals surface area contributed by atoms with Gasteiger partial charge in [-0.3, -0.25) is 0 Å². The molecule has 164 valence electrons. The van der Waals surface area contributed by atoms with Crippen molar-refractivity contribution in [2.45, 2.75) is 105 Å². The fourth-order valence-corrected chi connectivity index (χ4v) is 8.02. The fourth-order valence-electron chi connectivity index (χ4n) is 8.02. The van der Waals surface area contributed by atoms with E-state index in [9.17, 15) is 5.11 Å². The van der Waals surface area contributed by atoms with E-state index in [0.717, 1.165) is 48.3 Å². The third-order valence-electron chi connectivity index (χ3n) is 10.5. The largest absolute Gasteiger partial charge is 0.393 e. The highest BCUT2D eigenvalue weighted by Crippen LogP contribution is 2.66. The Morgan fingerprint density at radius 3 is 2.41 bits per heavy atom. The van der Waals surface area contributed by atoms with Gasteiger partial charge in [0.15, 0.2) is 0 Å². The van der Waals surface area contributed by atoms with Crippen LogP contribution in [-0.4, -0.2) is 11.2 Å². The molecule has 3 saturated carbocycles. The Hall–Kier alpha value is -0.560. The quantitative estimate of drug-likeness (QED) is 0.506. The monoisotopic (exact) mass is 398 g/mol. The zero-order valence-electron chi connectivity index (χ0n) is 20.0. The predicted molar refractivity (Wildman–Crippen MR) is 124 cm³/mol. The van der Waals surface area contributed by atoms with Crippen LogP contribution in [0.5, 0.6) is 0 Å². The summed E-state index contributed by atoms with van der Waals surface area (Å²) in [7, 11) is 0. The molecule has 0 radical (unpaired) electrons. The van der Waals surface area contributed by atoms with Gasteiger partial charge < -0.3 is 5.11 Å². The van der Waals surface area contributed by atoms with E-state index in [4.69, 9.17) is 0 Å². The molecule has 0 bridgehead atoms. The number of allylic oxidation sites excluding steroid dienone is 3. The molecule has 0 amide bonds. The molecule has 1 unspecified atom stereocenters. The van der Waals surface area contributed by atoms with E-state index in [1.165, 1.54) is 44.9 Å². The number of hydrogen-bond donors (Lipinski definition) is 1. The van der Waals surface area contributed by atoms with Crippen molar-refractivity contribution in [3.8, 4) is 0 Å². The second-order valence-corrected chi connectivity index (χ2v) is 12.3. The highest BCUT2D eigenvalue weighted by atomic mass is 16.3. The van der Waals surface area contributed by atoms with Crippen LogP contribution in [-0.2, 0) is 0 Å². The zero-order chi connectivity index (χ0) is 21.0. The Morgan fingerprint density at radius 1 is 0.931 bits per heavy atom. The van der Waals surface area contributed by atoms with Gasteiger partial charge in [-0.05, 0) is 91.3 Å². The van der Waals surface area contributed by atoms with Crippen molar-refractivity contribution in [3.63, 3.8) is 0 Å². The molecule has 0 aromatic rings. The normalized spacial score (nSPS) is 43.7. The average Bonchev–Trinajstić information content (AvgIpc) is 3.03. The molecule has 8 atom stereocenters. The van der Waals surface area contributed by atoms with Gasteiger partial charge in [0.1, 0.15) is 0 Å². The Balaban J connectivity index is 1.52. The molecule has 4 rings (SSSR count). The maximum Gasteiger partial charge on any atom is 0.0578 e. The maximum absolute atomic E-state index is 10.2. The van der Waals surface area contributed by atoms with Gasteiger partial charge in [0.2, 0.25) is 0 Å². The van der Waals surface area contributed by atoms with Gasteiger partial charge in [-0.1, -0.05) is 77.7 Å². The first kappa shape index (κ1) is 21.7. The Labute approximate surface area is 180 Å². The summed E-state index contributed by atoms with van der Waals surface area (Å²) < 4.78 is 0. The summed E-state index contributed by atoms with van der Waals surface area (Å²) in [5, 5.41) is 10.2. The fraction of sp³-hybridized carbons (Fsp3) is 0.857. The van der Waals surface area contributed by atoms with Crippen molar-refractivity contribution in [2.75, 3.05) is 0 Å². The Morgan fingerprint density at radius 2 is 1.69 bits per heavy atom. The molecular formula is C28H46O. The van der Waals surface area contributed by atoms with Gasteiger partial charge >= 0.3 is 0 Å². The van der Waals surface area contributed by atoms with E-state index in [-0.39, 0.29) is 6.10 Å². The summed E-state index contributed by atoms with van der Waals surface area (Å²) in [4.78, 5) is 0. The van der Waals surface area contributed by atoms with E-state index < -0.39 is 0 Å². The molecule has 3 fully saturated rings. The molecule has 1 nitrogen and oxygen atoms in total. The van der Waals surface area contributed by atoms with E-state index in [2.05, 4.69) is 53.7 Å². The van der Waals surface area contributed by atoms with E-state index in [0.29, 0.717) is 10.8 Å². The molecule has 0 spiro atoms. The summed E-state index contributed by atoms with van der Waals surface area (Å²) in [6.07, 6.45) is 16.4. The highest BCUT2D eigenvalue weighted by molar-refractivity contribution is 5.38. The number of hydrogen-bond acceptors (Lipinski definition) is 1. The first-order chi connectivity index (χ1) is 13.7.